The van der Waals surface area contributed by atoms with Gasteiger partial charge in [-0.15, -0.1) is 0 Å². The minimum atomic E-state index is -0.280. The zero-order chi connectivity index (χ0) is 13.0. The Hall–Kier alpha value is -1.17. The van der Waals surface area contributed by atoms with Gasteiger partial charge in [-0.2, -0.15) is 0 Å². The third-order valence-electron chi connectivity index (χ3n) is 2.01. The van der Waals surface area contributed by atoms with Crippen molar-refractivity contribution in [3.05, 3.63) is 47.1 Å². The first-order valence-corrected chi connectivity index (χ1v) is 6.32. The molecule has 0 bridgehead atoms. The van der Waals surface area contributed by atoms with Crippen LogP contribution in [0.4, 0.5) is 4.39 Å². The largest absolute Gasteiger partial charge is 0.377 e. The quantitative estimate of drug-likeness (QED) is 0.804. The first kappa shape index (κ1) is 13.3. The molecule has 0 N–H and O–H groups in total. The topological polar surface area (TPSA) is 35.0 Å². The Morgan fingerprint density at radius 1 is 1.33 bits per heavy atom. The second-order valence-electron chi connectivity index (χ2n) is 3.44. The lowest BCUT2D eigenvalue weighted by atomic mass is 10.4. The predicted molar refractivity (Wildman–Crippen MR) is 68.3 cm³/mol. The van der Waals surface area contributed by atoms with Crippen molar-refractivity contribution in [1.82, 2.24) is 9.97 Å². The van der Waals surface area contributed by atoms with E-state index in [4.69, 9.17) is 16.3 Å². The van der Waals surface area contributed by atoms with Gasteiger partial charge in [0.2, 0.25) is 0 Å². The molecule has 0 amide bonds. The molecule has 6 heteroatoms. The highest BCUT2D eigenvalue weighted by molar-refractivity contribution is 7.99. The van der Waals surface area contributed by atoms with Gasteiger partial charge in [-0.1, -0.05) is 29.4 Å². The number of methoxy groups -OCH3 is 1. The smallest absolute Gasteiger partial charge is 0.156 e. The van der Waals surface area contributed by atoms with Crippen molar-refractivity contribution < 1.29 is 9.13 Å². The minimum absolute atomic E-state index is 0.280. The lowest BCUT2D eigenvalue weighted by Gasteiger charge is -2.04. The molecule has 1 aromatic heterocycles. The molecule has 1 aromatic carbocycles. The summed E-state index contributed by atoms with van der Waals surface area (Å²) in [6.07, 6.45) is 0. The lowest BCUT2D eigenvalue weighted by Crippen LogP contribution is -1.98. The molecule has 0 radical (unpaired) electrons. The van der Waals surface area contributed by atoms with Crippen LogP contribution in [0.5, 0.6) is 0 Å². The van der Waals surface area contributed by atoms with Crippen molar-refractivity contribution >= 4 is 23.4 Å². The molecule has 2 aromatic rings. The van der Waals surface area contributed by atoms with E-state index in [9.17, 15) is 4.39 Å². The molecule has 0 saturated carbocycles. The van der Waals surface area contributed by atoms with Crippen LogP contribution in [0.1, 0.15) is 5.82 Å². The van der Waals surface area contributed by atoms with Crippen LogP contribution >= 0.6 is 23.4 Å². The number of halogens is 2. The van der Waals surface area contributed by atoms with E-state index in [-0.39, 0.29) is 12.4 Å². The molecule has 0 aliphatic rings. The van der Waals surface area contributed by atoms with E-state index >= 15 is 0 Å². The van der Waals surface area contributed by atoms with Gasteiger partial charge < -0.3 is 4.74 Å². The van der Waals surface area contributed by atoms with E-state index < -0.39 is 0 Å². The van der Waals surface area contributed by atoms with Crippen molar-refractivity contribution in [2.45, 2.75) is 16.5 Å². The van der Waals surface area contributed by atoms with Crippen LogP contribution in [0.15, 0.2) is 40.3 Å². The van der Waals surface area contributed by atoms with Crippen molar-refractivity contribution in [2.24, 2.45) is 0 Å². The number of rotatable bonds is 4. The molecule has 18 heavy (non-hydrogen) atoms. The second kappa shape index (κ2) is 6.13. The fourth-order valence-corrected chi connectivity index (χ4v) is 2.49. The maximum absolute atomic E-state index is 13.1. The summed E-state index contributed by atoms with van der Waals surface area (Å²) in [5, 5.41) is 1.00. The number of hydrogen-bond acceptors (Lipinski definition) is 4. The van der Waals surface area contributed by atoms with Crippen LogP contribution < -0.4 is 0 Å². The van der Waals surface area contributed by atoms with E-state index in [1.54, 1.807) is 25.3 Å². The summed E-state index contributed by atoms with van der Waals surface area (Å²) >= 11 is 7.21. The van der Waals surface area contributed by atoms with Gasteiger partial charge in [0.25, 0.3) is 0 Å². The fraction of sp³-hybridized carbons (Fsp3) is 0.167. The maximum Gasteiger partial charge on any atom is 0.156 e. The van der Waals surface area contributed by atoms with Gasteiger partial charge in [-0.3, -0.25) is 0 Å². The summed E-state index contributed by atoms with van der Waals surface area (Å²) in [4.78, 5) is 9.05. The van der Waals surface area contributed by atoms with Gasteiger partial charge >= 0.3 is 0 Å². The molecule has 0 aliphatic heterocycles. The first-order chi connectivity index (χ1) is 8.67. The Bertz CT molecular complexity index is 553. The van der Waals surface area contributed by atoms with Gasteiger partial charge in [0.15, 0.2) is 5.82 Å². The van der Waals surface area contributed by atoms with Crippen LogP contribution in [-0.4, -0.2) is 17.1 Å². The van der Waals surface area contributed by atoms with Crippen LogP contribution in [0.25, 0.3) is 0 Å². The molecular formula is C12H10ClFN2OS. The van der Waals surface area contributed by atoms with Crippen molar-refractivity contribution in [2.75, 3.05) is 7.11 Å². The average Bonchev–Trinajstić information content (AvgIpc) is 2.28. The number of aromatic nitrogens is 2. The van der Waals surface area contributed by atoms with Gasteiger partial charge in [0, 0.05) is 18.1 Å². The van der Waals surface area contributed by atoms with E-state index in [0.717, 1.165) is 4.90 Å². The lowest BCUT2D eigenvalue weighted by molar-refractivity contribution is 0.177. The second-order valence-corrected chi connectivity index (χ2v) is 4.92. The molecule has 0 saturated heterocycles. The van der Waals surface area contributed by atoms with E-state index in [1.165, 1.54) is 23.9 Å². The highest BCUT2D eigenvalue weighted by atomic mass is 35.5. The average molecular weight is 285 g/mol. The number of hydrogen-bond donors (Lipinski definition) is 0. The highest BCUT2D eigenvalue weighted by Gasteiger charge is 2.05. The minimum Gasteiger partial charge on any atom is -0.377 e. The van der Waals surface area contributed by atoms with Gasteiger partial charge in [0.1, 0.15) is 22.6 Å². The normalized spacial score (nSPS) is 10.6. The summed E-state index contributed by atoms with van der Waals surface area (Å²) in [5.41, 5.74) is 0. The molecule has 94 valence electrons. The molecule has 3 nitrogen and oxygen atoms in total. The summed E-state index contributed by atoms with van der Waals surface area (Å²) in [5.74, 6) is 0.223. The Balaban J connectivity index is 2.23. The number of benzene rings is 1. The molecule has 0 aliphatic carbocycles. The standard InChI is InChI=1S/C12H10ClFN2OS/c1-17-7-11-15-10(13)6-12(16-11)18-9-4-2-3-8(14)5-9/h2-6H,7H2,1H3. The van der Waals surface area contributed by atoms with Crippen LogP contribution in [0, 0.1) is 5.82 Å². The Labute approximate surface area is 113 Å². The summed E-state index contributed by atoms with van der Waals surface area (Å²) in [6.45, 7) is 0.289. The van der Waals surface area contributed by atoms with E-state index in [1.807, 2.05) is 0 Å². The molecule has 0 spiro atoms. The first-order valence-electron chi connectivity index (χ1n) is 5.13. The summed E-state index contributed by atoms with van der Waals surface area (Å²) in [6, 6.07) is 7.93. The molecule has 0 atom stereocenters. The summed E-state index contributed by atoms with van der Waals surface area (Å²) in [7, 11) is 1.56. The zero-order valence-electron chi connectivity index (χ0n) is 9.56. The highest BCUT2D eigenvalue weighted by Crippen LogP contribution is 2.27. The number of nitrogens with zero attached hydrogens (tertiary/aromatic N) is 2. The van der Waals surface area contributed by atoms with Crippen molar-refractivity contribution in [3.63, 3.8) is 0 Å². The zero-order valence-corrected chi connectivity index (χ0v) is 11.1. The third kappa shape index (κ3) is 3.66. The van der Waals surface area contributed by atoms with Crippen LogP contribution in [-0.2, 0) is 11.3 Å². The van der Waals surface area contributed by atoms with Crippen molar-refractivity contribution in [3.8, 4) is 0 Å². The predicted octanol–water partition coefficient (Wildman–Crippen LogP) is 3.57. The molecule has 0 unspecified atom stereocenters. The maximum atomic E-state index is 13.1. The van der Waals surface area contributed by atoms with Crippen molar-refractivity contribution in [1.29, 1.82) is 0 Å². The van der Waals surface area contributed by atoms with E-state index in [2.05, 4.69) is 9.97 Å². The third-order valence-corrected chi connectivity index (χ3v) is 3.11. The molecule has 1 heterocycles. The van der Waals surface area contributed by atoms with E-state index in [0.29, 0.717) is 16.0 Å². The van der Waals surface area contributed by atoms with Crippen LogP contribution in [0.3, 0.4) is 0 Å². The summed E-state index contributed by atoms with van der Waals surface area (Å²) < 4.78 is 18.0. The Morgan fingerprint density at radius 3 is 2.89 bits per heavy atom. The van der Waals surface area contributed by atoms with Gasteiger partial charge in [-0.25, -0.2) is 14.4 Å². The SMILES string of the molecule is COCc1nc(Cl)cc(Sc2cccc(F)c2)n1. The van der Waals surface area contributed by atoms with Gasteiger partial charge in [-0.05, 0) is 18.2 Å². The monoisotopic (exact) mass is 284 g/mol. The van der Waals surface area contributed by atoms with Gasteiger partial charge in [0.05, 0.1) is 0 Å². The fourth-order valence-electron chi connectivity index (χ4n) is 1.34. The molecular weight excluding hydrogens is 275 g/mol. The van der Waals surface area contributed by atoms with Crippen LogP contribution in [0.2, 0.25) is 5.15 Å². The Morgan fingerprint density at radius 2 is 2.17 bits per heavy atom. The Kier molecular flexibility index (Phi) is 4.52. The number of ether oxygens (including phenoxy) is 1. The molecule has 0 fully saturated rings. The molecule has 2 rings (SSSR count).